The number of sulfonamides is 1. The van der Waals surface area contributed by atoms with Crippen LogP contribution in [0.5, 0.6) is 0 Å². The van der Waals surface area contributed by atoms with Gasteiger partial charge in [-0.3, -0.25) is 9.10 Å². The maximum Gasteiger partial charge on any atom is 0.265 e. The molecule has 134 valence electrons. The average Bonchev–Trinajstić information content (AvgIpc) is 3.14. The number of nitrogens with one attached hydrogen (secondary N) is 1. The van der Waals surface area contributed by atoms with E-state index in [-0.39, 0.29) is 35.8 Å². The van der Waals surface area contributed by atoms with Gasteiger partial charge >= 0.3 is 0 Å². The Labute approximate surface area is 153 Å². The van der Waals surface area contributed by atoms with Crippen LogP contribution in [0.15, 0.2) is 41.3 Å². The summed E-state index contributed by atoms with van der Waals surface area (Å²) in [6.07, 6.45) is 0.894. The Hall–Kier alpha value is -1.83. The lowest BCUT2D eigenvalue weighted by molar-refractivity contribution is -0.128. The van der Waals surface area contributed by atoms with Gasteiger partial charge in [0.05, 0.1) is 10.6 Å². The second-order valence-electron chi connectivity index (χ2n) is 6.26. The summed E-state index contributed by atoms with van der Waals surface area (Å²) in [6.45, 7) is 1.14. The molecule has 2 aromatic carbocycles. The topological polar surface area (TPSA) is 69.7 Å². The number of carbonyl (C=O) groups is 1. The van der Waals surface area contributed by atoms with E-state index in [1.165, 1.54) is 4.31 Å². The molecule has 0 aromatic heterocycles. The van der Waals surface area contributed by atoms with Gasteiger partial charge in [-0.05, 0) is 31.0 Å². The van der Waals surface area contributed by atoms with Crippen molar-refractivity contribution in [2.45, 2.75) is 17.4 Å². The van der Waals surface area contributed by atoms with Gasteiger partial charge < -0.3 is 10.2 Å². The lowest BCUT2D eigenvalue weighted by Gasteiger charge is -2.22. The number of rotatable bonds is 3. The van der Waals surface area contributed by atoms with Crippen LogP contribution in [0, 0.1) is 0 Å². The number of halogens is 1. The molecule has 0 spiro atoms. The highest BCUT2D eigenvalue weighted by Crippen LogP contribution is 2.41. The third-order valence-corrected chi connectivity index (χ3v) is 6.71. The van der Waals surface area contributed by atoms with Crippen molar-refractivity contribution in [3.63, 3.8) is 0 Å². The Morgan fingerprint density at radius 2 is 1.96 bits per heavy atom. The summed E-state index contributed by atoms with van der Waals surface area (Å²) in [5.74, 6) is -0.152. The van der Waals surface area contributed by atoms with Gasteiger partial charge in [0.2, 0.25) is 5.91 Å². The molecule has 2 heterocycles. The van der Waals surface area contributed by atoms with Crippen molar-refractivity contribution < 1.29 is 13.2 Å². The lowest BCUT2D eigenvalue weighted by Crippen LogP contribution is -2.41. The first-order valence-corrected chi connectivity index (χ1v) is 9.46. The molecule has 2 aliphatic heterocycles. The first-order valence-electron chi connectivity index (χ1n) is 8.02. The summed E-state index contributed by atoms with van der Waals surface area (Å²) in [6, 6.07) is 11.0. The maximum atomic E-state index is 12.9. The minimum atomic E-state index is -3.67. The molecular formula is C17H20ClN3O3S. The smallest absolute Gasteiger partial charge is 0.265 e. The zero-order valence-electron chi connectivity index (χ0n) is 13.8. The second kappa shape index (κ2) is 6.48. The number of amides is 1. The number of carbonyl (C=O) groups excluding carboxylic acids is 1. The van der Waals surface area contributed by atoms with E-state index in [4.69, 9.17) is 0 Å². The maximum absolute atomic E-state index is 12.9. The number of likely N-dealkylation sites (tertiary alicyclic amines) is 1. The van der Waals surface area contributed by atoms with Gasteiger partial charge in [0, 0.05) is 24.5 Å². The van der Waals surface area contributed by atoms with Crippen LogP contribution in [-0.4, -0.2) is 51.9 Å². The van der Waals surface area contributed by atoms with E-state index in [9.17, 15) is 13.2 Å². The highest BCUT2D eigenvalue weighted by atomic mass is 35.5. The Morgan fingerprint density at radius 3 is 2.64 bits per heavy atom. The Balaban J connectivity index is 0.00000182. The predicted molar refractivity (Wildman–Crippen MR) is 99.8 cm³/mol. The molecule has 1 N–H and O–H groups in total. The highest BCUT2D eigenvalue weighted by molar-refractivity contribution is 7.93. The molecule has 4 rings (SSSR count). The molecule has 0 radical (unpaired) electrons. The molecule has 2 aromatic rings. The van der Waals surface area contributed by atoms with E-state index in [1.807, 2.05) is 25.2 Å². The molecule has 2 aliphatic rings. The van der Waals surface area contributed by atoms with Crippen LogP contribution < -0.4 is 9.62 Å². The molecule has 0 saturated carbocycles. The Bertz CT molecular complexity index is 927. The van der Waals surface area contributed by atoms with Gasteiger partial charge in [-0.2, -0.15) is 0 Å². The third kappa shape index (κ3) is 2.76. The van der Waals surface area contributed by atoms with Crippen LogP contribution in [0.1, 0.15) is 6.42 Å². The monoisotopic (exact) mass is 381 g/mol. The van der Waals surface area contributed by atoms with Crippen molar-refractivity contribution in [1.29, 1.82) is 0 Å². The number of benzene rings is 2. The SMILES string of the molecule is CNC1CCN(C(=O)CN2c3cccc4cccc(c34)S2(=O)=O)C1.Cl. The minimum absolute atomic E-state index is 0. The number of nitrogens with zero attached hydrogens (tertiary/aromatic N) is 2. The number of hydrogen-bond acceptors (Lipinski definition) is 4. The summed E-state index contributed by atoms with van der Waals surface area (Å²) >= 11 is 0. The molecule has 1 saturated heterocycles. The molecular weight excluding hydrogens is 362 g/mol. The minimum Gasteiger partial charge on any atom is -0.340 e. The fourth-order valence-electron chi connectivity index (χ4n) is 3.57. The highest BCUT2D eigenvalue weighted by Gasteiger charge is 2.38. The van der Waals surface area contributed by atoms with E-state index in [0.717, 1.165) is 11.8 Å². The fourth-order valence-corrected chi connectivity index (χ4v) is 5.23. The van der Waals surface area contributed by atoms with E-state index in [0.29, 0.717) is 24.2 Å². The first-order chi connectivity index (χ1) is 11.5. The van der Waals surface area contributed by atoms with Crippen molar-refractivity contribution in [2.24, 2.45) is 0 Å². The standard InChI is InChI=1S/C17H19N3O3S.ClH/c1-18-13-8-9-19(10-13)16(21)11-20-14-6-2-4-12-5-3-7-15(17(12)14)24(20,22)23;/h2-7,13,18H,8-11H2,1H3;1H. The predicted octanol–water partition coefficient (Wildman–Crippen LogP) is 1.59. The van der Waals surface area contributed by atoms with Crippen LogP contribution in [-0.2, 0) is 14.8 Å². The van der Waals surface area contributed by atoms with Crippen LogP contribution in [0.25, 0.3) is 10.8 Å². The Kier molecular flexibility index (Phi) is 4.66. The molecule has 1 fully saturated rings. The number of anilines is 1. The Morgan fingerprint density at radius 1 is 1.24 bits per heavy atom. The van der Waals surface area contributed by atoms with Crippen molar-refractivity contribution in [3.05, 3.63) is 36.4 Å². The molecule has 6 nitrogen and oxygen atoms in total. The van der Waals surface area contributed by atoms with Gasteiger partial charge in [0.25, 0.3) is 10.0 Å². The zero-order chi connectivity index (χ0) is 16.9. The summed E-state index contributed by atoms with van der Waals surface area (Å²) in [7, 11) is -1.80. The van der Waals surface area contributed by atoms with Gasteiger partial charge in [-0.1, -0.05) is 24.3 Å². The molecule has 25 heavy (non-hydrogen) atoms. The first kappa shape index (κ1) is 18.0. The van der Waals surface area contributed by atoms with Crippen LogP contribution in [0.2, 0.25) is 0 Å². The van der Waals surface area contributed by atoms with Crippen molar-refractivity contribution >= 4 is 44.8 Å². The van der Waals surface area contributed by atoms with Crippen molar-refractivity contribution in [3.8, 4) is 0 Å². The van der Waals surface area contributed by atoms with Crippen LogP contribution in [0.3, 0.4) is 0 Å². The third-order valence-electron chi connectivity index (χ3n) is 4.91. The summed E-state index contributed by atoms with van der Waals surface area (Å²) in [4.78, 5) is 14.6. The quantitative estimate of drug-likeness (QED) is 0.876. The van der Waals surface area contributed by atoms with Gasteiger partial charge in [0.15, 0.2) is 0 Å². The van der Waals surface area contributed by atoms with Crippen molar-refractivity contribution in [2.75, 3.05) is 31.0 Å². The molecule has 1 atom stereocenters. The molecule has 1 unspecified atom stereocenters. The second-order valence-corrected chi connectivity index (χ2v) is 8.09. The summed E-state index contributed by atoms with van der Waals surface area (Å²) in [5, 5.41) is 4.75. The van der Waals surface area contributed by atoms with E-state index in [1.54, 1.807) is 23.1 Å². The van der Waals surface area contributed by atoms with Gasteiger partial charge in [-0.25, -0.2) is 8.42 Å². The normalized spacial score (nSPS) is 20.8. The van der Waals surface area contributed by atoms with Crippen molar-refractivity contribution in [1.82, 2.24) is 10.2 Å². The molecule has 0 aliphatic carbocycles. The van der Waals surface area contributed by atoms with Gasteiger partial charge in [0.1, 0.15) is 6.54 Å². The van der Waals surface area contributed by atoms with Gasteiger partial charge in [-0.15, -0.1) is 12.4 Å². The summed E-state index contributed by atoms with van der Waals surface area (Å²) < 4.78 is 27.0. The summed E-state index contributed by atoms with van der Waals surface area (Å²) in [5.41, 5.74) is 0.598. The molecule has 0 bridgehead atoms. The van der Waals surface area contributed by atoms with E-state index in [2.05, 4.69) is 5.32 Å². The number of likely N-dealkylation sites (N-methyl/N-ethyl adjacent to an activating group) is 1. The zero-order valence-corrected chi connectivity index (χ0v) is 15.4. The fraction of sp³-hybridized carbons (Fsp3) is 0.353. The lowest BCUT2D eigenvalue weighted by atomic mass is 10.1. The van der Waals surface area contributed by atoms with E-state index < -0.39 is 10.0 Å². The van der Waals surface area contributed by atoms with E-state index >= 15 is 0 Å². The molecule has 8 heteroatoms. The largest absolute Gasteiger partial charge is 0.340 e. The van der Waals surface area contributed by atoms with Crippen LogP contribution in [0.4, 0.5) is 5.69 Å². The van der Waals surface area contributed by atoms with Crippen LogP contribution >= 0.6 is 12.4 Å². The average molecular weight is 382 g/mol. The molecule has 1 amide bonds. The number of hydrogen-bond donors (Lipinski definition) is 1.